The second-order valence-corrected chi connectivity index (χ2v) is 5.29. The monoisotopic (exact) mass is 293 g/mol. The van der Waals surface area contributed by atoms with E-state index in [0.717, 1.165) is 30.5 Å². The van der Waals surface area contributed by atoms with E-state index in [2.05, 4.69) is 23.9 Å². The van der Waals surface area contributed by atoms with E-state index in [0.29, 0.717) is 12.6 Å². The van der Waals surface area contributed by atoms with Crippen LogP contribution >= 0.6 is 0 Å². The zero-order chi connectivity index (χ0) is 15.8. The number of rotatable bonds is 8. The Morgan fingerprint density at radius 2 is 2.00 bits per heavy atom. The summed E-state index contributed by atoms with van der Waals surface area (Å²) in [5, 5.41) is 21.0. The fourth-order valence-corrected chi connectivity index (χ4v) is 2.63. The molecule has 0 radical (unpaired) electrons. The second kappa shape index (κ2) is 8.64. The van der Waals surface area contributed by atoms with E-state index >= 15 is 0 Å². The minimum atomic E-state index is 0.122. The van der Waals surface area contributed by atoms with Crippen LogP contribution in [0, 0.1) is 6.92 Å². The van der Waals surface area contributed by atoms with Crippen molar-refractivity contribution in [3.8, 4) is 0 Å². The third-order valence-corrected chi connectivity index (χ3v) is 3.97. The number of hydrogen-bond acceptors (Lipinski definition) is 4. The van der Waals surface area contributed by atoms with Crippen LogP contribution < -0.4 is 5.73 Å². The standard InChI is InChI=1S/C16H27N3O2/c1-4-15(5-2)19(8-9-20)11-14-7-6-13(10-12(14)3)16(17)18-21/h6-7,10,15,20-21H,4-5,8-9,11H2,1-3H3,(H2,17,18). The molecule has 0 aliphatic rings. The SMILES string of the molecule is CCC(CC)N(CCO)Cc1ccc(/C(N)=N/O)cc1C. The lowest BCUT2D eigenvalue weighted by Crippen LogP contribution is -2.36. The van der Waals surface area contributed by atoms with Gasteiger partial charge in [0.15, 0.2) is 5.84 Å². The van der Waals surface area contributed by atoms with Crippen molar-refractivity contribution in [1.82, 2.24) is 4.90 Å². The summed E-state index contributed by atoms with van der Waals surface area (Å²) < 4.78 is 0. The third-order valence-electron chi connectivity index (χ3n) is 3.97. The summed E-state index contributed by atoms with van der Waals surface area (Å²) in [6.07, 6.45) is 2.13. The number of aryl methyl sites for hydroxylation is 1. The molecule has 0 atom stereocenters. The molecule has 0 heterocycles. The summed E-state index contributed by atoms with van der Waals surface area (Å²) in [7, 11) is 0. The van der Waals surface area contributed by atoms with Crippen molar-refractivity contribution in [2.75, 3.05) is 13.2 Å². The van der Waals surface area contributed by atoms with Crippen LogP contribution in [0.15, 0.2) is 23.4 Å². The molecule has 0 bridgehead atoms. The predicted octanol–water partition coefficient (Wildman–Crippen LogP) is 2.07. The van der Waals surface area contributed by atoms with E-state index in [9.17, 15) is 5.11 Å². The van der Waals surface area contributed by atoms with Crippen molar-refractivity contribution in [2.45, 2.75) is 46.2 Å². The average molecular weight is 293 g/mol. The first-order valence-corrected chi connectivity index (χ1v) is 7.49. The molecule has 0 spiro atoms. The highest BCUT2D eigenvalue weighted by atomic mass is 16.4. The van der Waals surface area contributed by atoms with Gasteiger partial charge in [-0.3, -0.25) is 4.90 Å². The van der Waals surface area contributed by atoms with Gasteiger partial charge >= 0.3 is 0 Å². The lowest BCUT2D eigenvalue weighted by atomic mass is 10.0. The largest absolute Gasteiger partial charge is 0.409 e. The third kappa shape index (κ3) is 4.72. The molecule has 1 rings (SSSR count). The predicted molar refractivity (Wildman–Crippen MR) is 85.6 cm³/mol. The minimum Gasteiger partial charge on any atom is -0.409 e. The van der Waals surface area contributed by atoms with Crippen molar-refractivity contribution in [2.24, 2.45) is 10.9 Å². The van der Waals surface area contributed by atoms with Gasteiger partial charge in [-0.1, -0.05) is 31.1 Å². The highest BCUT2D eigenvalue weighted by molar-refractivity contribution is 5.97. The maximum atomic E-state index is 9.27. The van der Waals surface area contributed by atoms with Crippen molar-refractivity contribution >= 4 is 5.84 Å². The van der Waals surface area contributed by atoms with E-state index in [1.165, 1.54) is 5.56 Å². The van der Waals surface area contributed by atoms with E-state index in [4.69, 9.17) is 10.9 Å². The molecule has 0 aliphatic heterocycles. The zero-order valence-corrected chi connectivity index (χ0v) is 13.2. The van der Waals surface area contributed by atoms with Gasteiger partial charge in [0.05, 0.1) is 6.61 Å². The summed E-state index contributed by atoms with van der Waals surface area (Å²) in [4.78, 5) is 2.31. The Kier molecular flexibility index (Phi) is 7.19. The maximum absolute atomic E-state index is 9.27. The van der Waals surface area contributed by atoms with Gasteiger partial charge in [-0.15, -0.1) is 0 Å². The van der Waals surface area contributed by atoms with E-state index in [-0.39, 0.29) is 12.4 Å². The normalized spacial score (nSPS) is 12.4. The molecule has 0 saturated heterocycles. The Hall–Kier alpha value is -1.59. The molecule has 1 aromatic carbocycles. The van der Waals surface area contributed by atoms with Crippen molar-refractivity contribution in [3.63, 3.8) is 0 Å². The number of aliphatic hydroxyl groups excluding tert-OH is 1. The van der Waals surface area contributed by atoms with Crippen LogP contribution in [0.3, 0.4) is 0 Å². The zero-order valence-electron chi connectivity index (χ0n) is 13.2. The smallest absolute Gasteiger partial charge is 0.170 e. The van der Waals surface area contributed by atoms with Crippen LogP contribution in [0.5, 0.6) is 0 Å². The van der Waals surface area contributed by atoms with Crippen LogP contribution in [0.4, 0.5) is 0 Å². The van der Waals surface area contributed by atoms with Crippen LogP contribution in [-0.4, -0.2) is 40.2 Å². The lowest BCUT2D eigenvalue weighted by molar-refractivity contribution is 0.136. The summed E-state index contributed by atoms with van der Waals surface area (Å²) in [5.74, 6) is 0.122. The molecule has 0 unspecified atom stereocenters. The molecule has 5 heteroatoms. The Labute approximate surface area is 127 Å². The molecular weight excluding hydrogens is 266 g/mol. The van der Waals surface area contributed by atoms with E-state index in [1.54, 1.807) is 0 Å². The summed E-state index contributed by atoms with van der Waals surface area (Å²) >= 11 is 0. The molecular formula is C16H27N3O2. The summed E-state index contributed by atoms with van der Waals surface area (Å²) in [6.45, 7) is 8.01. The number of amidine groups is 1. The van der Waals surface area contributed by atoms with Gasteiger partial charge in [0.25, 0.3) is 0 Å². The molecule has 0 aliphatic carbocycles. The van der Waals surface area contributed by atoms with Crippen LogP contribution in [0.25, 0.3) is 0 Å². The average Bonchev–Trinajstić information content (AvgIpc) is 2.49. The fourth-order valence-electron chi connectivity index (χ4n) is 2.63. The van der Waals surface area contributed by atoms with Gasteiger partial charge in [-0.25, -0.2) is 0 Å². The molecule has 1 aromatic rings. The molecule has 0 saturated carbocycles. The lowest BCUT2D eigenvalue weighted by Gasteiger charge is -2.30. The fraction of sp³-hybridized carbons (Fsp3) is 0.562. The van der Waals surface area contributed by atoms with Gasteiger partial charge < -0.3 is 16.0 Å². The minimum absolute atomic E-state index is 0.122. The van der Waals surface area contributed by atoms with Crippen LogP contribution in [0.1, 0.15) is 43.4 Å². The molecule has 118 valence electrons. The van der Waals surface area contributed by atoms with Gasteiger partial charge in [0.1, 0.15) is 0 Å². The van der Waals surface area contributed by atoms with E-state index < -0.39 is 0 Å². The van der Waals surface area contributed by atoms with Crippen molar-refractivity contribution in [1.29, 1.82) is 0 Å². The second-order valence-electron chi connectivity index (χ2n) is 5.29. The molecule has 5 nitrogen and oxygen atoms in total. The molecule has 0 fully saturated rings. The van der Waals surface area contributed by atoms with E-state index in [1.807, 2.05) is 25.1 Å². The number of nitrogens with zero attached hydrogens (tertiary/aromatic N) is 2. The quantitative estimate of drug-likeness (QED) is 0.296. The van der Waals surface area contributed by atoms with Crippen LogP contribution in [-0.2, 0) is 6.54 Å². The highest BCUT2D eigenvalue weighted by Gasteiger charge is 2.16. The van der Waals surface area contributed by atoms with Crippen molar-refractivity contribution in [3.05, 3.63) is 34.9 Å². The Morgan fingerprint density at radius 1 is 1.33 bits per heavy atom. The van der Waals surface area contributed by atoms with Crippen molar-refractivity contribution < 1.29 is 10.3 Å². The number of oxime groups is 1. The summed E-state index contributed by atoms with van der Waals surface area (Å²) in [5.41, 5.74) is 8.63. The van der Waals surface area contributed by atoms with Gasteiger partial charge in [0, 0.05) is 24.7 Å². The molecule has 21 heavy (non-hydrogen) atoms. The van der Waals surface area contributed by atoms with Gasteiger partial charge in [0.2, 0.25) is 0 Å². The van der Waals surface area contributed by atoms with Gasteiger partial charge in [-0.2, -0.15) is 0 Å². The first kappa shape index (κ1) is 17.5. The van der Waals surface area contributed by atoms with Gasteiger partial charge in [-0.05, 0) is 37.0 Å². The molecule has 4 N–H and O–H groups in total. The number of hydrogen-bond donors (Lipinski definition) is 3. The van der Waals surface area contributed by atoms with Crippen LogP contribution in [0.2, 0.25) is 0 Å². The Balaban J connectivity index is 2.94. The number of aliphatic hydroxyl groups is 1. The molecule has 0 amide bonds. The Morgan fingerprint density at radius 3 is 2.48 bits per heavy atom. The topological polar surface area (TPSA) is 82.1 Å². The first-order chi connectivity index (χ1) is 10.1. The number of nitrogens with two attached hydrogens (primary N) is 1. The Bertz CT molecular complexity index is 471. The summed E-state index contributed by atoms with van der Waals surface area (Å²) in [6, 6.07) is 6.27. The number of benzene rings is 1. The maximum Gasteiger partial charge on any atom is 0.170 e. The highest BCUT2D eigenvalue weighted by Crippen LogP contribution is 2.17. The first-order valence-electron chi connectivity index (χ1n) is 7.49. The molecule has 0 aromatic heterocycles.